The summed E-state index contributed by atoms with van der Waals surface area (Å²) in [6, 6.07) is 9.96. The molecule has 3 aromatic rings. The lowest BCUT2D eigenvalue weighted by molar-refractivity contribution is -0.120. The van der Waals surface area contributed by atoms with Gasteiger partial charge in [0, 0.05) is 30.8 Å². The molecule has 0 aliphatic rings. The Hall–Kier alpha value is -2.40. The molecular formula is C20H23ClN4O. The van der Waals surface area contributed by atoms with Gasteiger partial charge in [0.1, 0.15) is 11.0 Å². The van der Waals surface area contributed by atoms with Crippen molar-refractivity contribution in [3.05, 3.63) is 47.5 Å². The molecule has 1 aromatic carbocycles. The summed E-state index contributed by atoms with van der Waals surface area (Å²) in [5, 5.41) is 4.18. The molecule has 0 spiro atoms. The number of rotatable bonds is 8. The number of amides is 1. The van der Waals surface area contributed by atoms with Gasteiger partial charge in [-0.2, -0.15) is 0 Å². The molecule has 0 bridgehead atoms. The van der Waals surface area contributed by atoms with Crippen molar-refractivity contribution in [2.24, 2.45) is 0 Å². The summed E-state index contributed by atoms with van der Waals surface area (Å²) in [6.07, 6.45) is 7.44. The van der Waals surface area contributed by atoms with E-state index in [-0.39, 0.29) is 5.91 Å². The highest BCUT2D eigenvalue weighted by molar-refractivity contribution is 6.32. The van der Waals surface area contributed by atoms with Crippen molar-refractivity contribution < 1.29 is 4.79 Å². The molecule has 3 rings (SSSR count). The third kappa shape index (κ3) is 4.61. The van der Waals surface area contributed by atoms with Crippen molar-refractivity contribution in [2.75, 3.05) is 7.05 Å². The minimum Gasteiger partial charge on any atom is -0.359 e. The second-order valence-corrected chi connectivity index (χ2v) is 6.71. The summed E-state index contributed by atoms with van der Waals surface area (Å²) >= 11 is 6.35. The Morgan fingerprint density at radius 3 is 2.85 bits per heavy atom. The maximum atomic E-state index is 11.2. The maximum absolute atomic E-state index is 11.2. The van der Waals surface area contributed by atoms with E-state index in [1.54, 1.807) is 7.05 Å². The van der Waals surface area contributed by atoms with Crippen molar-refractivity contribution >= 4 is 28.4 Å². The van der Waals surface area contributed by atoms with Crippen LogP contribution in [0.2, 0.25) is 5.15 Å². The van der Waals surface area contributed by atoms with Crippen molar-refractivity contribution in [3.8, 4) is 11.3 Å². The molecule has 26 heavy (non-hydrogen) atoms. The predicted octanol–water partition coefficient (Wildman–Crippen LogP) is 4.52. The summed E-state index contributed by atoms with van der Waals surface area (Å²) < 4.78 is 0. The zero-order valence-electron chi connectivity index (χ0n) is 14.9. The highest BCUT2D eigenvalue weighted by Gasteiger charge is 2.10. The maximum Gasteiger partial charge on any atom is 0.219 e. The number of imidazole rings is 1. The lowest BCUT2D eigenvalue weighted by Crippen LogP contribution is -2.16. The molecule has 0 aliphatic heterocycles. The van der Waals surface area contributed by atoms with Gasteiger partial charge in [0.25, 0.3) is 0 Å². The molecule has 2 aromatic heterocycles. The quantitative estimate of drug-likeness (QED) is 0.452. The number of aryl methyl sites for hydroxylation is 1. The number of aromatic amines is 1. The summed E-state index contributed by atoms with van der Waals surface area (Å²) in [7, 11) is 1.67. The molecule has 0 aliphatic carbocycles. The Labute approximate surface area is 158 Å². The highest BCUT2D eigenvalue weighted by atomic mass is 35.5. The Morgan fingerprint density at radius 2 is 2.00 bits per heavy atom. The number of carbonyl (C=O) groups is 1. The van der Waals surface area contributed by atoms with Crippen LogP contribution in [0.15, 0.2) is 36.5 Å². The minimum atomic E-state index is 0.113. The summed E-state index contributed by atoms with van der Waals surface area (Å²) in [5.41, 5.74) is 2.65. The fourth-order valence-electron chi connectivity index (χ4n) is 2.96. The van der Waals surface area contributed by atoms with Crippen LogP contribution in [0, 0.1) is 0 Å². The second kappa shape index (κ2) is 8.81. The molecule has 0 radical (unpaired) electrons. The van der Waals surface area contributed by atoms with E-state index in [1.165, 1.54) is 0 Å². The van der Waals surface area contributed by atoms with Gasteiger partial charge in [-0.15, -0.1) is 0 Å². The number of aromatic nitrogens is 3. The van der Waals surface area contributed by atoms with Crippen LogP contribution >= 0.6 is 11.6 Å². The van der Waals surface area contributed by atoms with Crippen molar-refractivity contribution in [1.82, 2.24) is 20.3 Å². The monoisotopic (exact) mass is 370 g/mol. The zero-order valence-corrected chi connectivity index (χ0v) is 15.6. The van der Waals surface area contributed by atoms with Gasteiger partial charge in [0.15, 0.2) is 0 Å². The van der Waals surface area contributed by atoms with Gasteiger partial charge in [0.05, 0.1) is 17.4 Å². The smallest absolute Gasteiger partial charge is 0.219 e. The SMILES string of the molecule is CNC(=O)CCCCCCc1ncc(-c2cc3ccccc3nc2Cl)[nH]1. The first-order valence-electron chi connectivity index (χ1n) is 8.97. The normalized spacial score (nSPS) is 11.0. The van der Waals surface area contributed by atoms with E-state index in [4.69, 9.17) is 11.6 Å². The number of hydrogen-bond donors (Lipinski definition) is 2. The Balaban J connectivity index is 1.56. The number of para-hydroxylation sites is 1. The molecule has 6 heteroatoms. The zero-order chi connectivity index (χ0) is 18.4. The fraction of sp³-hybridized carbons (Fsp3) is 0.350. The van der Waals surface area contributed by atoms with E-state index in [9.17, 15) is 4.79 Å². The van der Waals surface area contributed by atoms with Crippen LogP contribution in [0.5, 0.6) is 0 Å². The van der Waals surface area contributed by atoms with Gasteiger partial charge in [-0.1, -0.05) is 42.6 Å². The molecule has 2 N–H and O–H groups in total. The highest BCUT2D eigenvalue weighted by Crippen LogP contribution is 2.28. The average molecular weight is 371 g/mol. The Bertz CT molecular complexity index is 890. The number of nitrogens with one attached hydrogen (secondary N) is 2. The van der Waals surface area contributed by atoms with E-state index < -0.39 is 0 Å². The van der Waals surface area contributed by atoms with E-state index in [1.807, 2.05) is 36.5 Å². The molecule has 0 unspecified atom stereocenters. The third-order valence-electron chi connectivity index (χ3n) is 4.44. The third-order valence-corrected chi connectivity index (χ3v) is 4.73. The molecule has 0 saturated carbocycles. The number of halogens is 1. The average Bonchev–Trinajstić information content (AvgIpc) is 3.12. The van der Waals surface area contributed by atoms with E-state index in [0.29, 0.717) is 11.6 Å². The topological polar surface area (TPSA) is 70.7 Å². The molecule has 2 heterocycles. The van der Waals surface area contributed by atoms with Crippen molar-refractivity contribution in [3.63, 3.8) is 0 Å². The Kier molecular flexibility index (Phi) is 6.23. The van der Waals surface area contributed by atoms with Gasteiger partial charge in [-0.05, 0) is 25.0 Å². The number of pyridine rings is 1. The van der Waals surface area contributed by atoms with Gasteiger partial charge in [0.2, 0.25) is 5.91 Å². The predicted molar refractivity (Wildman–Crippen MR) is 105 cm³/mol. The van der Waals surface area contributed by atoms with Gasteiger partial charge >= 0.3 is 0 Å². The van der Waals surface area contributed by atoms with Crippen LogP contribution in [0.3, 0.4) is 0 Å². The summed E-state index contributed by atoms with van der Waals surface area (Å²) in [6.45, 7) is 0. The first kappa shape index (κ1) is 18.4. The lowest BCUT2D eigenvalue weighted by Gasteiger charge is -2.04. The molecule has 136 valence electrons. The van der Waals surface area contributed by atoms with Crippen LogP contribution in [0.4, 0.5) is 0 Å². The van der Waals surface area contributed by atoms with Crippen molar-refractivity contribution in [1.29, 1.82) is 0 Å². The van der Waals surface area contributed by atoms with Crippen LogP contribution in [0.1, 0.15) is 37.9 Å². The first-order chi connectivity index (χ1) is 12.7. The van der Waals surface area contributed by atoms with Crippen LogP contribution in [0.25, 0.3) is 22.2 Å². The number of carbonyl (C=O) groups excluding carboxylic acids is 1. The number of benzene rings is 1. The first-order valence-corrected chi connectivity index (χ1v) is 9.35. The fourth-order valence-corrected chi connectivity index (χ4v) is 3.21. The minimum absolute atomic E-state index is 0.113. The van der Waals surface area contributed by atoms with E-state index in [2.05, 4.69) is 20.3 Å². The largest absolute Gasteiger partial charge is 0.359 e. The van der Waals surface area contributed by atoms with Crippen molar-refractivity contribution in [2.45, 2.75) is 38.5 Å². The number of hydrogen-bond acceptors (Lipinski definition) is 3. The lowest BCUT2D eigenvalue weighted by atomic mass is 10.1. The van der Waals surface area contributed by atoms with Gasteiger partial charge < -0.3 is 10.3 Å². The second-order valence-electron chi connectivity index (χ2n) is 6.35. The van der Waals surface area contributed by atoms with Crippen LogP contribution in [-0.4, -0.2) is 27.9 Å². The van der Waals surface area contributed by atoms with Gasteiger partial charge in [-0.3, -0.25) is 4.79 Å². The van der Waals surface area contributed by atoms with Crippen LogP contribution in [-0.2, 0) is 11.2 Å². The van der Waals surface area contributed by atoms with E-state index in [0.717, 1.165) is 60.1 Å². The van der Waals surface area contributed by atoms with E-state index >= 15 is 0 Å². The van der Waals surface area contributed by atoms with Crippen LogP contribution < -0.4 is 5.32 Å². The standard InChI is InChI=1S/C20H23ClN4O/c1-22-19(26)11-5-3-2-4-10-18-23-13-17(24-18)15-12-14-8-6-7-9-16(14)25-20(15)21/h6-9,12-13H,2-5,10-11H2,1H3,(H,22,26)(H,23,24). The summed E-state index contributed by atoms with van der Waals surface area (Å²) in [4.78, 5) is 23.5. The molecular weight excluding hydrogens is 348 g/mol. The number of fused-ring (bicyclic) bond motifs is 1. The molecule has 0 fully saturated rings. The van der Waals surface area contributed by atoms with Gasteiger partial charge in [-0.25, -0.2) is 9.97 Å². The molecule has 0 saturated heterocycles. The summed E-state index contributed by atoms with van der Waals surface area (Å²) in [5.74, 6) is 1.07. The molecule has 5 nitrogen and oxygen atoms in total. The number of nitrogens with zero attached hydrogens (tertiary/aromatic N) is 2. The number of H-pyrrole nitrogens is 1. The number of unbranched alkanes of at least 4 members (excludes halogenated alkanes) is 3. The molecule has 1 amide bonds. The molecule has 0 atom stereocenters. The Morgan fingerprint density at radius 1 is 1.19 bits per heavy atom.